The average Bonchev–Trinajstić information content (AvgIpc) is 2.83. The molecular weight excluding hydrogens is 256 g/mol. The van der Waals surface area contributed by atoms with Crippen molar-refractivity contribution in [3.8, 4) is 0 Å². The van der Waals surface area contributed by atoms with Crippen LogP contribution in [0.1, 0.15) is 50.8 Å². The van der Waals surface area contributed by atoms with Crippen molar-refractivity contribution in [1.29, 1.82) is 0 Å². The van der Waals surface area contributed by atoms with Gasteiger partial charge in [0.05, 0.1) is 5.69 Å². The van der Waals surface area contributed by atoms with E-state index in [-0.39, 0.29) is 5.91 Å². The van der Waals surface area contributed by atoms with Crippen molar-refractivity contribution in [2.24, 2.45) is 5.92 Å². The lowest BCUT2D eigenvalue weighted by Gasteiger charge is -2.28. The molecule has 0 atom stereocenters. The maximum atomic E-state index is 11.1. The smallest absolute Gasteiger partial charge is 0.221 e. The number of nitrogens with one attached hydrogen (secondary N) is 2. The van der Waals surface area contributed by atoms with Crippen molar-refractivity contribution in [3.63, 3.8) is 0 Å². The van der Waals surface area contributed by atoms with E-state index in [1.165, 1.54) is 37.0 Å². The Morgan fingerprint density at radius 1 is 1.37 bits per heavy atom. The highest BCUT2D eigenvalue weighted by molar-refractivity contribution is 7.10. The van der Waals surface area contributed by atoms with E-state index in [1.54, 1.807) is 18.3 Å². The summed E-state index contributed by atoms with van der Waals surface area (Å²) in [5, 5.41) is 8.57. The number of amides is 1. The maximum Gasteiger partial charge on any atom is 0.221 e. The van der Waals surface area contributed by atoms with Gasteiger partial charge in [0.1, 0.15) is 0 Å². The third-order valence-corrected chi connectivity index (χ3v) is 4.95. The molecule has 1 heterocycles. The number of hydrogen-bond donors (Lipinski definition) is 2. The summed E-state index contributed by atoms with van der Waals surface area (Å²) < 4.78 is 0. The van der Waals surface area contributed by atoms with Crippen molar-refractivity contribution in [3.05, 3.63) is 16.3 Å². The molecule has 0 saturated heterocycles. The molecule has 106 valence electrons. The van der Waals surface area contributed by atoms with E-state index in [0.29, 0.717) is 6.04 Å². The third kappa shape index (κ3) is 4.32. The molecule has 0 aliphatic heterocycles. The van der Waals surface area contributed by atoms with Crippen molar-refractivity contribution in [2.45, 2.75) is 58.5 Å². The van der Waals surface area contributed by atoms with Gasteiger partial charge in [-0.05, 0) is 43.0 Å². The lowest BCUT2D eigenvalue weighted by molar-refractivity contribution is -0.114. The van der Waals surface area contributed by atoms with Gasteiger partial charge >= 0.3 is 0 Å². The van der Waals surface area contributed by atoms with Crippen LogP contribution in [0.3, 0.4) is 0 Å². The van der Waals surface area contributed by atoms with E-state index in [4.69, 9.17) is 0 Å². The molecule has 0 bridgehead atoms. The summed E-state index contributed by atoms with van der Waals surface area (Å²) in [7, 11) is 0. The number of anilines is 1. The number of hydrogen-bond acceptors (Lipinski definition) is 3. The molecule has 0 aromatic carbocycles. The van der Waals surface area contributed by atoms with Gasteiger partial charge in [0.25, 0.3) is 0 Å². The number of thiophene rings is 1. The first-order valence-corrected chi connectivity index (χ1v) is 8.14. The summed E-state index contributed by atoms with van der Waals surface area (Å²) in [6.45, 7) is 4.72. The van der Waals surface area contributed by atoms with Gasteiger partial charge < -0.3 is 10.6 Å². The van der Waals surface area contributed by atoms with Crippen molar-refractivity contribution in [2.75, 3.05) is 5.32 Å². The summed E-state index contributed by atoms with van der Waals surface area (Å²) in [4.78, 5) is 12.3. The highest BCUT2D eigenvalue weighted by Crippen LogP contribution is 2.27. The van der Waals surface area contributed by atoms with Crippen LogP contribution in [0.25, 0.3) is 0 Å². The monoisotopic (exact) mass is 280 g/mol. The molecule has 0 radical (unpaired) electrons. The van der Waals surface area contributed by atoms with Crippen LogP contribution in [-0.4, -0.2) is 11.9 Å². The fraction of sp³-hybridized carbons (Fsp3) is 0.667. The Kier molecular flexibility index (Phi) is 5.40. The van der Waals surface area contributed by atoms with E-state index >= 15 is 0 Å². The summed E-state index contributed by atoms with van der Waals surface area (Å²) in [6.07, 6.45) is 6.62. The van der Waals surface area contributed by atoms with Gasteiger partial charge in [-0.25, -0.2) is 0 Å². The van der Waals surface area contributed by atoms with E-state index < -0.39 is 0 Å². The Morgan fingerprint density at radius 3 is 2.74 bits per heavy atom. The zero-order valence-electron chi connectivity index (χ0n) is 11.9. The van der Waals surface area contributed by atoms with Gasteiger partial charge in [-0.2, -0.15) is 0 Å². The van der Waals surface area contributed by atoms with Gasteiger partial charge in [0, 0.05) is 24.4 Å². The molecule has 2 N–H and O–H groups in total. The van der Waals surface area contributed by atoms with Gasteiger partial charge in [-0.15, -0.1) is 11.3 Å². The molecule has 0 spiro atoms. The quantitative estimate of drug-likeness (QED) is 0.862. The van der Waals surface area contributed by atoms with Crippen LogP contribution in [0.4, 0.5) is 5.69 Å². The van der Waals surface area contributed by atoms with Crippen LogP contribution in [0.2, 0.25) is 0 Å². The second-order valence-corrected chi connectivity index (χ2v) is 6.45. The summed E-state index contributed by atoms with van der Waals surface area (Å²) >= 11 is 1.71. The van der Waals surface area contributed by atoms with Crippen molar-refractivity contribution in [1.82, 2.24) is 5.32 Å². The lowest BCUT2D eigenvalue weighted by Crippen LogP contribution is -2.32. The van der Waals surface area contributed by atoms with E-state index in [1.807, 2.05) is 11.4 Å². The molecule has 1 aromatic rings. The summed E-state index contributed by atoms with van der Waals surface area (Å²) in [5.74, 6) is 0.942. The Morgan fingerprint density at radius 2 is 2.11 bits per heavy atom. The standard InChI is InChI=1S/C15H24N2OS/c1-3-12-4-6-13(7-5-12)16-10-15-14(8-9-19-15)17-11(2)18/h8-9,12-13,16H,3-7,10H2,1-2H3,(H,17,18). The predicted octanol–water partition coefficient (Wildman–Crippen LogP) is 3.76. The van der Waals surface area contributed by atoms with Crippen LogP contribution in [-0.2, 0) is 11.3 Å². The highest BCUT2D eigenvalue weighted by atomic mass is 32.1. The zero-order chi connectivity index (χ0) is 13.7. The molecule has 19 heavy (non-hydrogen) atoms. The molecule has 3 nitrogen and oxygen atoms in total. The number of carbonyl (C=O) groups excluding carboxylic acids is 1. The first-order chi connectivity index (χ1) is 9.19. The molecular formula is C15H24N2OS. The summed E-state index contributed by atoms with van der Waals surface area (Å²) in [5.41, 5.74) is 0.965. The lowest BCUT2D eigenvalue weighted by atomic mass is 9.84. The molecule has 2 rings (SSSR count). The Labute approximate surface area is 119 Å². The molecule has 4 heteroatoms. The van der Waals surface area contributed by atoms with Gasteiger partial charge in [0.2, 0.25) is 5.91 Å². The van der Waals surface area contributed by atoms with Crippen LogP contribution < -0.4 is 10.6 Å². The average molecular weight is 280 g/mol. The molecule has 1 amide bonds. The predicted molar refractivity (Wildman–Crippen MR) is 81.5 cm³/mol. The van der Waals surface area contributed by atoms with Gasteiger partial charge in [-0.3, -0.25) is 4.79 Å². The minimum absolute atomic E-state index is 0.00287. The van der Waals surface area contributed by atoms with Gasteiger partial charge in [-0.1, -0.05) is 13.3 Å². The number of rotatable bonds is 5. The van der Waals surface area contributed by atoms with Crippen molar-refractivity contribution >= 4 is 22.9 Å². The van der Waals surface area contributed by atoms with Crippen molar-refractivity contribution < 1.29 is 4.79 Å². The molecule has 1 aliphatic carbocycles. The molecule has 1 aromatic heterocycles. The molecule has 1 aliphatic rings. The van der Waals surface area contributed by atoms with E-state index in [0.717, 1.165) is 18.2 Å². The fourth-order valence-electron chi connectivity index (χ4n) is 2.79. The second kappa shape index (κ2) is 7.06. The molecule has 1 fully saturated rings. The van der Waals surface area contributed by atoms with Crippen LogP contribution in [0.5, 0.6) is 0 Å². The topological polar surface area (TPSA) is 41.1 Å². The molecule has 1 saturated carbocycles. The SMILES string of the molecule is CCC1CCC(NCc2sccc2NC(C)=O)CC1. The van der Waals surface area contributed by atoms with Gasteiger partial charge in [0.15, 0.2) is 0 Å². The minimum atomic E-state index is 0.00287. The Bertz CT molecular complexity index is 408. The van der Waals surface area contributed by atoms with E-state index in [2.05, 4.69) is 17.6 Å². The van der Waals surface area contributed by atoms with Crippen LogP contribution in [0.15, 0.2) is 11.4 Å². The summed E-state index contributed by atoms with van der Waals surface area (Å²) in [6, 6.07) is 2.63. The first-order valence-electron chi connectivity index (χ1n) is 7.26. The fourth-order valence-corrected chi connectivity index (χ4v) is 3.57. The van der Waals surface area contributed by atoms with Crippen LogP contribution in [0, 0.1) is 5.92 Å². The zero-order valence-corrected chi connectivity index (χ0v) is 12.7. The number of carbonyl (C=O) groups is 1. The largest absolute Gasteiger partial charge is 0.325 e. The first kappa shape index (κ1) is 14.5. The molecule has 0 unspecified atom stereocenters. The Balaban J connectivity index is 1.79. The van der Waals surface area contributed by atoms with Crippen LogP contribution >= 0.6 is 11.3 Å². The maximum absolute atomic E-state index is 11.1. The van der Waals surface area contributed by atoms with E-state index in [9.17, 15) is 4.79 Å². The third-order valence-electron chi connectivity index (χ3n) is 4.03. The highest BCUT2D eigenvalue weighted by Gasteiger charge is 2.19. The Hall–Kier alpha value is -0.870. The normalized spacial score (nSPS) is 23.3. The second-order valence-electron chi connectivity index (χ2n) is 5.45. The minimum Gasteiger partial charge on any atom is -0.325 e.